The summed E-state index contributed by atoms with van der Waals surface area (Å²) < 4.78 is 10.4. The van der Waals surface area contributed by atoms with Crippen LogP contribution in [-0.4, -0.2) is 41.3 Å². The molecule has 28 heavy (non-hydrogen) atoms. The molecule has 0 aliphatic carbocycles. The Hall–Kier alpha value is -2.64. The van der Waals surface area contributed by atoms with Gasteiger partial charge in [-0.3, -0.25) is 10.1 Å². The Morgan fingerprint density at radius 2 is 1.68 bits per heavy atom. The fourth-order valence-corrected chi connectivity index (χ4v) is 2.99. The normalized spacial score (nSPS) is 14.0. The lowest BCUT2D eigenvalue weighted by Gasteiger charge is -2.34. The first-order chi connectivity index (χ1) is 13.3. The first-order valence-electron chi connectivity index (χ1n) is 8.86. The molecule has 0 saturated heterocycles. The maximum atomic E-state index is 11.6. The predicted molar refractivity (Wildman–Crippen MR) is 106 cm³/mol. The number of carbonyl (C=O) groups excluding carboxylic acids is 1. The smallest absolute Gasteiger partial charge is 0.428 e. The lowest BCUT2D eigenvalue weighted by atomic mass is 10.1. The molecule has 0 fully saturated rings. The van der Waals surface area contributed by atoms with Gasteiger partial charge in [-0.15, -0.1) is 0 Å². The number of quaternary nitrogens is 1. The van der Waals surface area contributed by atoms with E-state index < -0.39 is 16.6 Å². The number of hydrogen-bond acceptors (Lipinski definition) is 5. The Morgan fingerprint density at radius 1 is 1.11 bits per heavy atom. The maximum Gasteiger partial charge on any atom is 0.509 e. The molecule has 0 bridgehead atoms. The van der Waals surface area contributed by atoms with Crippen LogP contribution in [0.2, 0.25) is 0 Å². The van der Waals surface area contributed by atoms with Crippen molar-refractivity contribution in [3.05, 3.63) is 75.8 Å². The van der Waals surface area contributed by atoms with E-state index in [4.69, 9.17) is 21.1 Å². The Labute approximate surface area is 169 Å². The molecule has 2 aromatic rings. The van der Waals surface area contributed by atoms with Gasteiger partial charge in [0.05, 0.1) is 12.0 Å². The predicted octanol–water partition coefficient (Wildman–Crippen LogP) is 4.48. The van der Waals surface area contributed by atoms with Crippen molar-refractivity contribution in [1.82, 2.24) is 0 Å². The zero-order valence-electron chi connectivity index (χ0n) is 15.9. The third-order valence-electron chi connectivity index (χ3n) is 4.23. The molecular weight excluding hydrogens is 384 g/mol. The Balaban J connectivity index is 2.08. The highest BCUT2D eigenvalue weighted by atomic mass is 35.5. The number of carbonyl (C=O) groups is 1. The van der Waals surface area contributed by atoms with Crippen LogP contribution < -0.4 is 0 Å². The first kappa shape index (κ1) is 21.7. The summed E-state index contributed by atoms with van der Waals surface area (Å²) in [5.41, 5.74) is 1.41. The van der Waals surface area contributed by atoms with Crippen molar-refractivity contribution in [3.63, 3.8) is 0 Å². The molecule has 2 rings (SSSR count). The monoisotopic (exact) mass is 407 g/mol. The van der Waals surface area contributed by atoms with Gasteiger partial charge < -0.3 is 14.0 Å². The van der Waals surface area contributed by atoms with Gasteiger partial charge in [0.25, 0.3) is 5.69 Å². The highest BCUT2D eigenvalue weighted by molar-refractivity contribution is 6.19. The summed E-state index contributed by atoms with van der Waals surface area (Å²) in [6.45, 7) is 3.57. The van der Waals surface area contributed by atoms with E-state index in [2.05, 4.69) is 0 Å². The molecule has 0 saturated carbocycles. The summed E-state index contributed by atoms with van der Waals surface area (Å²) in [4.78, 5) is 22.0. The number of halogens is 1. The van der Waals surface area contributed by atoms with Gasteiger partial charge in [-0.05, 0) is 19.1 Å². The second-order valence-electron chi connectivity index (χ2n) is 6.83. The van der Waals surface area contributed by atoms with E-state index in [1.54, 1.807) is 12.1 Å². The highest BCUT2D eigenvalue weighted by Crippen LogP contribution is 2.20. The van der Waals surface area contributed by atoms with Crippen LogP contribution >= 0.6 is 11.6 Å². The Bertz CT molecular complexity index is 783. The van der Waals surface area contributed by atoms with Crippen LogP contribution in [0.5, 0.6) is 0 Å². The molecule has 0 heterocycles. The summed E-state index contributed by atoms with van der Waals surface area (Å²) >= 11 is 5.62. The first-order valence-corrected chi connectivity index (χ1v) is 9.29. The molecule has 8 heteroatoms. The molecule has 0 spiro atoms. The Kier molecular flexibility index (Phi) is 7.78. The van der Waals surface area contributed by atoms with E-state index in [1.165, 1.54) is 19.1 Å². The van der Waals surface area contributed by atoms with Crippen LogP contribution in [0.1, 0.15) is 18.1 Å². The van der Waals surface area contributed by atoms with Crippen molar-refractivity contribution in [2.45, 2.75) is 25.6 Å². The fraction of sp³-hybridized carbons (Fsp3) is 0.350. The molecule has 0 aliphatic heterocycles. The number of benzene rings is 2. The van der Waals surface area contributed by atoms with E-state index >= 15 is 0 Å². The van der Waals surface area contributed by atoms with Crippen LogP contribution in [-0.2, 0) is 22.6 Å². The van der Waals surface area contributed by atoms with E-state index in [1.807, 2.05) is 37.4 Å². The molecule has 2 unspecified atom stereocenters. The molecule has 0 radical (unpaired) electrons. The molecule has 150 valence electrons. The summed E-state index contributed by atoms with van der Waals surface area (Å²) in [5, 5.41) is 10.9. The zero-order chi connectivity index (χ0) is 20.6. The van der Waals surface area contributed by atoms with Gasteiger partial charge >= 0.3 is 6.16 Å². The average Bonchev–Trinajstić information content (AvgIpc) is 2.62. The van der Waals surface area contributed by atoms with E-state index in [9.17, 15) is 14.9 Å². The molecule has 0 amide bonds. The lowest BCUT2D eigenvalue weighted by Crippen LogP contribution is -2.45. The molecule has 2 atom stereocenters. The van der Waals surface area contributed by atoms with Gasteiger partial charge in [0, 0.05) is 23.3 Å². The van der Waals surface area contributed by atoms with Crippen LogP contribution in [0.15, 0.2) is 54.6 Å². The SMILES string of the molecule is CC(Cl)OC(=O)OCC[N+](C)(Cc1ccccc1)Cc1ccc([N+](=O)[O-])cc1. The number of rotatable bonds is 9. The van der Waals surface area contributed by atoms with Crippen molar-refractivity contribution in [2.24, 2.45) is 0 Å². The quantitative estimate of drug-likeness (QED) is 0.201. The van der Waals surface area contributed by atoms with Crippen molar-refractivity contribution in [2.75, 3.05) is 20.2 Å². The minimum absolute atomic E-state index is 0.0577. The second-order valence-corrected chi connectivity index (χ2v) is 7.44. The topological polar surface area (TPSA) is 78.7 Å². The van der Waals surface area contributed by atoms with Gasteiger partial charge in [-0.25, -0.2) is 4.79 Å². The third-order valence-corrected chi connectivity index (χ3v) is 4.32. The van der Waals surface area contributed by atoms with Crippen molar-refractivity contribution >= 4 is 23.4 Å². The van der Waals surface area contributed by atoms with Crippen LogP contribution in [0.3, 0.4) is 0 Å². The number of nitro groups is 1. The van der Waals surface area contributed by atoms with Crippen LogP contribution in [0.4, 0.5) is 10.5 Å². The number of likely N-dealkylation sites (N-methyl/N-ethyl adjacent to an activating group) is 1. The maximum absolute atomic E-state index is 11.6. The fourth-order valence-electron chi connectivity index (χ4n) is 2.92. The van der Waals surface area contributed by atoms with E-state index in [-0.39, 0.29) is 12.3 Å². The van der Waals surface area contributed by atoms with Crippen LogP contribution in [0.25, 0.3) is 0 Å². The summed E-state index contributed by atoms with van der Waals surface area (Å²) in [5.74, 6) is 0. The summed E-state index contributed by atoms with van der Waals surface area (Å²) in [6.07, 6.45) is -0.802. The lowest BCUT2D eigenvalue weighted by molar-refractivity contribution is -0.935. The number of nitrogens with zero attached hydrogens (tertiary/aromatic N) is 2. The zero-order valence-corrected chi connectivity index (χ0v) is 16.7. The number of non-ortho nitro benzene ring substituents is 1. The largest absolute Gasteiger partial charge is 0.509 e. The second kappa shape index (κ2) is 10.1. The molecule has 7 nitrogen and oxygen atoms in total. The van der Waals surface area contributed by atoms with Crippen molar-refractivity contribution < 1.29 is 23.7 Å². The van der Waals surface area contributed by atoms with Gasteiger partial charge in [0.2, 0.25) is 0 Å². The van der Waals surface area contributed by atoms with Gasteiger partial charge in [-0.1, -0.05) is 41.9 Å². The summed E-state index contributed by atoms with van der Waals surface area (Å²) in [7, 11) is 2.05. The number of ether oxygens (including phenoxy) is 2. The van der Waals surface area contributed by atoms with Gasteiger partial charge in [-0.2, -0.15) is 0 Å². The highest BCUT2D eigenvalue weighted by Gasteiger charge is 2.24. The summed E-state index contributed by atoms with van der Waals surface area (Å²) in [6, 6.07) is 16.5. The number of hydrogen-bond donors (Lipinski definition) is 0. The van der Waals surface area contributed by atoms with E-state index in [0.29, 0.717) is 24.1 Å². The van der Waals surface area contributed by atoms with Gasteiger partial charge in [0.15, 0.2) is 5.56 Å². The van der Waals surface area contributed by atoms with E-state index in [0.717, 1.165) is 11.1 Å². The third kappa shape index (κ3) is 7.17. The average molecular weight is 408 g/mol. The molecule has 0 aliphatic rings. The van der Waals surface area contributed by atoms with Crippen molar-refractivity contribution in [1.29, 1.82) is 0 Å². The number of alkyl halides is 1. The Morgan fingerprint density at radius 3 is 2.21 bits per heavy atom. The molecular formula is C20H24ClN2O5+. The minimum Gasteiger partial charge on any atom is -0.428 e. The van der Waals surface area contributed by atoms with Crippen LogP contribution in [0, 0.1) is 10.1 Å². The molecule has 2 aromatic carbocycles. The standard InChI is InChI=1S/C20H24ClN2O5/c1-16(21)28-20(24)27-13-12-23(2,14-17-6-4-3-5-7-17)15-18-8-10-19(11-9-18)22(25)26/h3-11,16H,12-15H2,1-2H3/q+1. The van der Waals surface area contributed by atoms with Gasteiger partial charge in [0.1, 0.15) is 26.2 Å². The number of nitro benzene ring substituents is 1. The molecule has 0 aromatic heterocycles. The molecule has 0 N–H and O–H groups in total. The minimum atomic E-state index is -0.802. The van der Waals surface area contributed by atoms with Crippen molar-refractivity contribution in [3.8, 4) is 0 Å².